The van der Waals surface area contributed by atoms with E-state index in [4.69, 9.17) is 28.4 Å². The van der Waals surface area contributed by atoms with Gasteiger partial charge < -0.3 is 28.4 Å². The van der Waals surface area contributed by atoms with E-state index >= 15 is 0 Å². The van der Waals surface area contributed by atoms with E-state index in [0.29, 0.717) is 24.5 Å². The zero-order valence-electron chi connectivity index (χ0n) is 28.9. The van der Waals surface area contributed by atoms with Crippen LogP contribution in [0.2, 0.25) is 0 Å². The highest BCUT2D eigenvalue weighted by Gasteiger charge is 2.33. The summed E-state index contributed by atoms with van der Waals surface area (Å²) in [6, 6.07) is 0. The first-order valence-corrected chi connectivity index (χ1v) is 19.1. The minimum Gasteiger partial charge on any atom is -0.373 e. The Morgan fingerprint density at radius 3 is 1.41 bits per heavy atom. The van der Waals surface area contributed by atoms with Gasteiger partial charge in [0.25, 0.3) is 0 Å². The molecule has 2 aliphatic heterocycles. The number of hydrogen-bond acceptors (Lipinski definition) is 6. The lowest BCUT2D eigenvalue weighted by molar-refractivity contribution is -0.251. The largest absolute Gasteiger partial charge is 0.373 e. The second kappa shape index (κ2) is 18.3. The van der Waals surface area contributed by atoms with Gasteiger partial charge in [0.1, 0.15) is 6.10 Å². The summed E-state index contributed by atoms with van der Waals surface area (Å²) < 4.78 is 35.4. The van der Waals surface area contributed by atoms with Gasteiger partial charge >= 0.3 is 0 Å². The molecule has 0 unspecified atom stereocenters. The molecule has 6 heteroatoms. The molecule has 4 aliphatic carbocycles. The van der Waals surface area contributed by atoms with Crippen molar-refractivity contribution in [3.05, 3.63) is 0 Å². The summed E-state index contributed by atoms with van der Waals surface area (Å²) >= 11 is 0. The molecule has 2 heterocycles. The number of hydrogen-bond donors (Lipinski definition) is 0. The third-order valence-electron chi connectivity index (χ3n) is 12.1. The van der Waals surface area contributed by atoms with E-state index in [1.807, 2.05) is 0 Å². The van der Waals surface area contributed by atoms with Crippen LogP contribution in [0.25, 0.3) is 0 Å². The van der Waals surface area contributed by atoms with E-state index in [1.165, 1.54) is 103 Å². The van der Waals surface area contributed by atoms with Crippen molar-refractivity contribution in [2.24, 2.45) is 47.3 Å². The molecule has 2 saturated heterocycles. The van der Waals surface area contributed by atoms with Crippen molar-refractivity contribution in [2.45, 2.75) is 155 Å². The van der Waals surface area contributed by atoms with Crippen molar-refractivity contribution in [1.82, 2.24) is 0 Å². The Morgan fingerprint density at radius 1 is 0.409 bits per heavy atom. The van der Waals surface area contributed by atoms with Gasteiger partial charge in [-0.2, -0.15) is 0 Å². The van der Waals surface area contributed by atoms with Gasteiger partial charge in [0, 0.05) is 18.4 Å². The zero-order valence-corrected chi connectivity index (χ0v) is 28.9. The van der Waals surface area contributed by atoms with Crippen LogP contribution in [-0.4, -0.2) is 64.4 Å². The van der Waals surface area contributed by atoms with Crippen LogP contribution in [0.3, 0.4) is 0 Å². The first kappa shape index (κ1) is 35.1. The van der Waals surface area contributed by atoms with Crippen LogP contribution in [0.4, 0.5) is 0 Å². The lowest BCUT2D eigenvalue weighted by Crippen LogP contribution is -2.42. The molecule has 44 heavy (non-hydrogen) atoms. The molecule has 6 fully saturated rings. The molecule has 0 amide bonds. The Labute approximate surface area is 270 Å². The summed E-state index contributed by atoms with van der Waals surface area (Å²) in [6.45, 7) is 13.9. The van der Waals surface area contributed by atoms with Gasteiger partial charge in [-0.05, 0) is 99.7 Å². The molecule has 0 radical (unpaired) electrons. The highest BCUT2D eigenvalue weighted by Crippen LogP contribution is 2.40. The number of rotatable bonds is 8. The normalized spacial score (nSPS) is 43.9. The Kier molecular flexibility index (Phi) is 14.6. The quantitative estimate of drug-likeness (QED) is 0.270. The fourth-order valence-electron chi connectivity index (χ4n) is 8.63. The maximum Gasteiger partial charge on any atom is 0.180 e. The molecule has 0 atom stereocenters. The van der Waals surface area contributed by atoms with Crippen LogP contribution in [0, 0.1) is 47.3 Å². The molecular formula is C38H68O6. The molecule has 0 aromatic carbocycles. The van der Waals surface area contributed by atoms with Gasteiger partial charge in [0.05, 0.1) is 39.1 Å². The van der Waals surface area contributed by atoms with Crippen LogP contribution in [0.1, 0.15) is 130 Å². The average Bonchev–Trinajstić information content (AvgIpc) is 3.06. The molecule has 0 spiro atoms. The minimum absolute atomic E-state index is 0.0304. The Hall–Kier alpha value is -0.240. The van der Waals surface area contributed by atoms with Gasteiger partial charge in [-0.3, -0.25) is 0 Å². The van der Waals surface area contributed by atoms with Crippen molar-refractivity contribution in [2.75, 3.05) is 39.6 Å². The van der Waals surface area contributed by atoms with E-state index in [9.17, 15) is 0 Å². The van der Waals surface area contributed by atoms with Crippen molar-refractivity contribution in [1.29, 1.82) is 0 Å². The van der Waals surface area contributed by atoms with Gasteiger partial charge in [0.2, 0.25) is 0 Å². The van der Waals surface area contributed by atoms with Gasteiger partial charge in [-0.15, -0.1) is 0 Å². The molecule has 0 N–H and O–H groups in total. The highest BCUT2D eigenvalue weighted by molar-refractivity contribution is 4.82. The average molecular weight is 621 g/mol. The molecule has 0 aromatic rings. The summed E-state index contributed by atoms with van der Waals surface area (Å²) in [6.07, 6.45) is 22.1. The molecule has 6 aliphatic rings. The fourth-order valence-corrected chi connectivity index (χ4v) is 8.63. The van der Waals surface area contributed by atoms with Crippen LogP contribution in [-0.2, 0) is 28.4 Å². The molecule has 6 nitrogen and oxygen atoms in total. The third kappa shape index (κ3) is 11.5. The summed E-state index contributed by atoms with van der Waals surface area (Å²) in [5.41, 5.74) is 0. The Morgan fingerprint density at radius 2 is 0.864 bits per heavy atom. The summed E-state index contributed by atoms with van der Waals surface area (Å²) in [4.78, 5) is 0. The molecule has 4 saturated carbocycles. The third-order valence-corrected chi connectivity index (χ3v) is 12.1. The van der Waals surface area contributed by atoms with E-state index in [2.05, 4.69) is 27.7 Å². The maximum absolute atomic E-state index is 6.06. The SMILES string of the molecule is CC1CCC(C2CCC(OCC3OCC(C)CO3)CC2)CC1.CC1CCC(COC2COC(C3CCC(C)CC3)OC2)CC1. The van der Waals surface area contributed by atoms with Crippen LogP contribution >= 0.6 is 0 Å². The second-order valence-electron chi connectivity index (χ2n) is 16.2. The van der Waals surface area contributed by atoms with Gasteiger partial charge in [-0.1, -0.05) is 66.2 Å². The van der Waals surface area contributed by atoms with Gasteiger partial charge in [0.15, 0.2) is 12.6 Å². The zero-order chi connectivity index (χ0) is 30.7. The van der Waals surface area contributed by atoms with Crippen molar-refractivity contribution in [3.8, 4) is 0 Å². The first-order chi connectivity index (χ1) is 21.4. The number of ether oxygens (including phenoxy) is 6. The van der Waals surface area contributed by atoms with E-state index in [1.54, 1.807) is 0 Å². The Balaban J connectivity index is 0.000000175. The lowest BCUT2D eigenvalue weighted by atomic mass is 9.71. The molecule has 0 bridgehead atoms. The molecular weight excluding hydrogens is 552 g/mol. The van der Waals surface area contributed by atoms with Crippen LogP contribution in [0.15, 0.2) is 0 Å². The monoisotopic (exact) mass is 621 g/mol. The minimum atomic E-state index is -0.131. The van der Waals surface area contributed by atoms with E-state index in [-0.39, 0.29) is 18.7 Å². The van der Waals surface area contributed by atoms with Crippen LogP contribution in [0.5, 0.6) is 0 Å². The summed E-state index contributed by atoms with van der Waals surface area (Å²) in [5.74, 6) is 6.62. The van der Waals surface area contributed by atoms with Gasteiger partial charge in [-0.25, -0.2) is 0 Å². The predicted octanol–water partition coefficient (Wildman–Crippen LogP) is 8.79. The van der Waals surface area contributed by atoms with Crippen LogP contribution < -0.4 is 0 Å². The standard InChI is InChI=1S/2C19H34O3/c1-14-3-7-16(8-4-14)11-20-18-12-21-19(22-13-18)17-9-5-15(2)6-10-17;1-14-3-5-16(6-4-14)17-7-9-18(10-8-17)20-13-19-21-11-15(2)12-22-19/h2*14-19H,3-13H2,1-2H3. The maximum atomic E-state index is 6.06. The molecule has 256 valence electrons. The van der Waals surface area contributed by atoms with Crippen molar-refractivity contribution < 1.29 is 28.4 Å². The fraction of sp³-hybridized carbons (Fsp3) is 1.00. The van der Waals surface area contributed by atoms with Crippen molar-refractivity contribution in [3.63, 3.8) is 0 Å². The highest BCUT2D eigenvalue weighted by atomic mass is 16.7. The lowest BCUT2D eigenvalue weighted by Gasteiger charge is -2.37. The Bertz CT molecular complexity index is 681. The summed E-state index contributed by atoms with van der Waals surface area (Å²) in [7, 11) is 0. The first-order valence-electron chi connectivity index (χ1n) is 19.1. The second-order valence-corrected chi connectivity index (χ2v) is 16.2. The topological polar surface area (TPSA) is 55.4 Å². The van der Waals surface area contributed by atoms with E-state index in [0.717, 1.165) is 68.5 Å². The summed E-state index contributed by atoms with van der Waals surface area (Å²) in [5, 5.41) is 0. The molecule has 6 rings (SSSR count). The van der Waals surface area contributed by atoms with E-state index < -0.39 is 0 Å². The smallest absolute Gasteiger partial charge is 0.180 e. The molecule has 0 aromatic heterocycles. The predicted molar refractivity (Wildman–Crippen MR) is 175 cm³/mol. The van der Waals surface area contributed by atoms with Crippen molar-refractivity contribution >= 4 is 0 Å².